The van der Waals surface area contributed by atoms with E-state index < -0.39 is 11.6 Å². The third-order valence-corrected chi connectivity index (χ3v) is 5.05. The number of methoxy groups -OCH3 is 1. The van der Waals surface area contributed by atoms with E-state index in [9.17, 15) is 4.79 Å². The molecule has 1 saturated heterocycles. The number of amides is 1. The maximum atomic E-state index is 12.5. The molecule has 1 aliphatic rings. The van der Waals surface area contributed by atoms with Crippen molar-refractivity contribution in [3.8, 4) is 5.75 Å². The van der Waals surface area contributed by atoms with Crippen LogP contribution in [0, 0.1) is 0 Å². The molecule has 3 N–H and O–H groups in total. The van der Waals surface area contributed by atoms with Gasteiger partial charge in [-0.05, 0) is 36.1 Å². The lowest BCUT2D eigenvalue weighted by Gasteiger charge is -2.39. The van der Waals surface area contributed by atoms with Gasteiger partial charge in [0.05, 0.1) is 12.1 Å². The van der Waals surface area contributed by atoms with Gasteiger partial charge < -0.3 is 25.3 Å². The van der Waals surface area contributed by atoms with Gasteiger partial charge in [-0.1, -0.05) is 42.5 Å². The molecule has 150 valence electrons. The largest absolute Gasteiger partial charge is 0.489 e. The van der Waals surface area contributed by atoms with Crippen LogP contribution in [0.1, 0.15) is 24.0 Å². The molecule has 6 heteroatoms. The van der Waals surface area contributed by atoms with Crippen LogP contribution in [0.5, 0.6) is 5.75 Å². The number of nitrogens with two attached hydrogens (primary N) is 1. The summed E-state index contributed by atoms with van der Waals surface area (Å²) in [6, 6.07) is 17.2. The van der Waals surface area contributed by atoms with Gasteiger partial charge in [-0.3, -0.25) is 4.79 Å². The molecule has 1 heterocycles. The van der Waals surface area contributed by atoms with Crippen LogP contribution in [-0.2, 0) is 26.4 Å². The van der Waals surface area contributed by atoms with E-state index in [4.69, 9.17) is 19.9 Å². The average Bonchev–Trinajstić information content (AvgIpc) is 2.74. The summed E-state index contributed by atoms with van der Waals surface area (Å²) in [5, 5.41) is 3.15. The second-order valence-electron chi connectivity index (χ2n) is 7.04. The van der Waals surface area contributed by atoms with Gasteiger partial charge >= 0.3 is 0 Å². The zero-order valence-electron chi connectivity index (χ0n) is 16.2. The third-order valence-electron chi connectivity index (χ3n) is 5.05. The number of ether oxygens (including phenoxy) is 3. The van der Waals surface area contributed by atoms with Crippen molar-refractivity contribution in [2.45, 2.75) is 31.0 Å². The van der Waals surface area contributed by atoms with E-state index in [2.05, 4.69) is 5.32 Å². The van der Waals surface area contributed by atoms with Crippen molar-refractivity contribution in [3.63, 3.8) is 0 Å². The van der Waals surface area contributed by atoms with Crippen LogP contribution in [0.2, 0.25) is 0 Å². The molecule has 6 nitrogen and oxygen atoms in total. The summed E-state index contributed by atoms with van der Waals surface area (Å²) < 4.78 is 16.4. The van der Waals surface area contributed by atoms with Gasteiger partial charge in [0.1, 0.15) is 18.4 Å². The van der Waals surface area contributed by atoms with Crippen molar-refractivity contribution in [3.05, 3.63) is 65.7 Å². The molecule has 0 aliphatic carbocycles. The third kappa shape index (κ3) is 5.10. The highest BCUT2D eigenvalue weighted by molar-refractivity contribution is 5.82. The number of hydrogen-bond acceptors (Lipinski definition) is 5. The number of carbonyl (C=O) groups excluding carboxylic acids is 1. The molecule has 2 aromatic rings. The highest BCUT2D eigenvalue weighted by Gasteiger charge is 2.37. The smallest absolute Gasteiger partial charge is 0.240 e. The summed E-state index contributed by atoms with van der Waals surface area (Å²) >= 11 is 0. The Balaban J connectivity index is 1.70. The summed E-state index contributed by atoms with van der Waals surface area (Å²) in [5.41, 5.74) is 7.57. The van der Waals surface area contributed by atoms with E-state index in [1.54, 1.807) is 0 Å². The van der Waals surface area contributed by atoms with Gasteiger partial charge in [-0.2, -0.15) is 0 Å². The Kier molecular flexibility index (Phi) is 7.03. The van der Waals surface area contributed by atoms with Crippen molar-refractivity contribution in [1.82, 2.24) is 5.32 Å². The van der Waals surface area contributed by atoms with E-state index >= 15 is 0 Å². The summed E-state index contributed by atoms with van der Waals surface area (Å²) in [5.74, 6) is 0.574. The molecule has 0 bridgehead atoms. The molecule has 1 amide bonds. The van der Waals surface area contributed by atoms with Crippen LogP contribution in [0.15, 0.2) is 54.6 Å². The minimum absolute atomic E-state index is 0.185. The van der Waals surface area contributed by atoms with Crippen molar-refractivity contribution in [2.75, 3.05) is 26.9 Å². The Morgan fingerprint density at radius 2 is 1.82 bits per heavy atom. The van der Waals surface area contributed by atoms with E-state index in [1.165, 1.54) is 7.11 Å². The lowest BCUT2D eigenvalue weighted by Crippen LogP contribution is -2.55. The molecule has 0 saturated carbocycles. The number of carbonyl (C=O) groups is 1. The van der Waals surface area contributed by atoms with Gasteiger partial charge in [0, 0.05) is 20.3 Å². The van der Waals surface area contributed by atoms with Crippen LogP contribution in [0.3, 0.4) is 0 Å². The normalized spacial score (nSPS) is 16.9. The molecule has 1 aliphatic heterocycles. The van der Waals surface area contributed by atoms with E-state index in [0.29, 0.717) is 32.7 Å². The molecule has 1 unspecified atom stereocenters. The molecule has 1 fully saturated rings. The first-order valence-corrected chi connectivity index (χ1v) is 9.54. The Bertz CT molecular complexity index is 743. The number of hydrogen-bond donors (Lipinski definition) is 2. The fourth-order valence-electron chi connectivity index (χ4n) is 3.40. The highest BCUT2D eigenvalue weighted by atomic mass is 16.5. The SMILES string of the molecule is COCC(N)C(=O)NC1(c2ccc(OCc3ccccc3)cc2)CCOCC1. The predicted octanol–water partition coefficient (Wildman–Crippen LogP) is 2.36. The van der Waals surface area contributed by atoms with Crippen LogP contribution >= 0.6 is 0 Å². The van der Waals surface area contributed by atoms with Crippen molar-refractivity contribution >= 4 is 5.91 Å². The van der Waals surface area contributed by atoms with Gasteiger partial charge in [0.15, 0.2) is 0 Å². The van der Waals surface area contributed by atoms with E-state index in [-0.39, 0.29) is 12.5 Å². The van der Waals surface area contributed by atoms with Gasteiger partial charge in [-0.15, -0.1) is 0 Å². The maximum absolute atomic E-state index is 12.5. The molecule has 0 aromatic heterocycles. The van der Waals surface area contributed by atoms with E-state index in [0.717, 1.165) is 16.9 Å². The first-order valence-electron chi connectivity index (χ1n) is 9.54. The molecule has 2 aromatic carbocycles. The average molecular weight is 384 g/mol. The summed E-state index contributed by atoms with van der Waals surface area (Å²) in [7, 11) is 1.53. The first kappa shape index (κ1) is 20.3. The number of rotatable bonds is 8. The Hall–Kier alpha value is -2.41. The standard InChI is InChI=1S/C22H28N2O4/c1-26-16-20(23)21(25)24-22(11-13-27-14-12-22)18-7-9-19(10-8-18)28-15-17-5-3-2-4-6-17/h2-10,20H,11-16,23H2,1H3,(H,24,25). The summed E-state index contributed by atoms with van der Waals surface area (Å²) in [6.45, 7) is 1.88. The van der Waals surface area contributed by atoms with Gasteiger partial charge in [0.2, 0.25) is 5.91 Å². The van der Waals surface area contributed by atoms with E-state index in [1.807, 2.05) is 54.6 Å². The lowest BCUT2D eigenvalue weighted by atomic mass is 9.82. The quantitative estimate of drug-likeness (QED) is 0.730. The zero-order valence-corrected chi connectivity index (χ0v) is 16.2. The van der Waals surface area contributed by atoms with Crippen molar-refractivity contribution in [1.29, 1.82) is 0 Å². The fourth-order valence-corrected chi connectivity index (χ4v) is 3.40. The Morgan fingerprint density at radius 1 is 1.14 bits per heavy atom. The highest BCUT2D eigenvalue weighted by Crippen LogP contribution is 2.33. The molecule has 1 atom stereocenters. The van der Waals surface area contributed by atoms with Gasteiger partial charge in [-0.25, -0.2) is 0 Å². The van der Waals surface area contributed by atoms with Gasteiger partial charge in [0.25, 0.3) is 0 Å². The Morgan fingerprint density at radius 3 is 2.46 bits per heavy atom. The second-order valence-corrected chi connectivity index (χ2v) is 7.04. The Labute approximate surface area is 166 Å². The van der Waals surface area contributed by atoms with Crippen LogP contribution in [0.4, 0.5) is 0 Å². The minimum Gasteiger partial charge on any atom is -0.489 e. The fraction of sp³-hybridized carbons (Fsp3) is 0.409. The number of benzene rings is 2. The zero-order chi connectivity index (χ0) is 19.8. The van der Waals surface area contributed by atoms with Crippen molar-refractivity contribution < 1.29 is 19.0 Å². The number of nitrogens with one attached hydrogen (secondary N) is 1. The molecule has 0 radical (unpaired) electrons. The summed E-state index contributed by atoms with van der Waals surface area (Å²) in [6.07, 6.45) is 1.39. The molecule has 0 spiro atoms. The lowest BCUT2D eigenvalue weighted by molar-refractivity contribution is -0.126. The topological polar surface area (TPSA) is 82.8 Å². The maximum Gasteiger partial charge on any atom is 0.240 e. The minimum atomic E-state index is -0.696. The van der Waals surface area contributed by atoms with Crippen molar-refractivity contribution in [2.24, 2.45) is 5.73 Å². The second kappa shape index (κ2) is 9.68. The summed E-state index contributed by atoms with van der Waals surface area (Å²) in [4.78, 5) is 12.5. The van der Waals surface area contributed by atoms with Crippen LogP contribution < -0.4 is 15.8 Å². The molecular formula is C22H28N2O4. The van der Waals surface area contributed by atoms with Crippen LogP contribution in [-0.4, -0.2) is 38.9 Å². The first-order chi connectivity index (χ1) is 13.6. The predicted molar refractivity (Wildman–Crippen MR) is 107 cm³/mol. The monoisotopic (exact) mass is 384 g/mol. The molecule has 3 rings (SSSR count). The molecule has 28 heavy (non-hydrogen) atoms. The molecular weight excluding hydrogens is 356 g/mol. The van der Waals surface area contributed by atoms with Crippen LogP contribution in [0.25, 0.3) is 0 Å².